The summed E-state index contributed by atoms with van der Waals surface area (Å²) in [5.41, 5.74) is 4.67. The summed E-state index contributed by atoms with van der Waals surface area (Å²) in [7, 11) is 0. The molecule has 0 saturated heterocycles. The summed E-state index contributed by atoms with van der Waals surface area (Å²) >= 11 is 0. The van der Waals surface area contributed by atoms with Crippen molar-refractivity contribution >= 4 is 5.97 Å². The zero-order valence-corrected chi connectivity index (χ0v) is 21.7. The van der Waals surface area contributed by atoms with Crippen molar-refractivity contribution in [1.82, 2.24) is 0 Å². The number of carbonyl (C=O) groups is 1. The van der Waals surface area contributed by atoms with Crippen LogP contribution in [0.5, 0.6) is 0 Å². The summed E-state index contributed by atoms with van der Waals surface area (Å²) in [6, 6.07) is 0. The molecule has 0 aliphatic heterocycles. The van der Waals surface area contributed by atoms with Gasteiger partial charge in [0.05, 0.1) is 6.10 Å². The molecule has 2 N–H and O–H groups in total. The van der Waals surface area contributed by atoms with Crippen molar-refractivity contribution in [2.75, 3.05) is 6.61 Å². The predicted molar refractivity (Wildman–Crippen MR) is 137 cm³/mol. The van der Waals surface area contributed by atoms with E-state index in [-0.39, 0.29) is 31.0 Å². The number of fused-ring (bicyclic) bond motifs is 1. The lowest BCUT2D eigenvalue weighted by molar-refractivity contribution is -0.226. The molecule has 194 valence electrons. The van der Waals surface area contributed by atoms with Gasteiger partial charge in [-0.05, 0) is 80.3 Å². The van der Waals surface area contributed by atoms with Crippen LogP contribution in [0, 0.1) is 11.3 Å². The van der Waals surface area contributed by atoms with Gasteiger partial charge in [0.25, 0.3) is 0 Å². The van der Waals surface area contributed by atoms with Crippen LogP contribution in [0.1, 0.15) is 97.3 Å². The van der Waals surface area contributed by atoms with Gasteiger partial charge in [0.1, 0.15) is 12.7 Å². The maximum Gasteiger partial charge on any atom is 0.332 e. The molecule has 1 unspecified atom stereocenters. The van der Waals surface area contributed by atoms with Crippen molar-refractivity contribution in [2.24, 2.45) is 11.3 Å². The van der Waals surface area contributed by atoms with Crippen LogP contribution in [-0.2, 0) is 14.3 Å². The van der Waals surface area contributed by atoms with Gasteiger partial charge in [0.2, 0.25) is 0 Å². The Balaban J connectivity index is 1.40. The molecule has 0 heterocycles. The van der Waals surface area contributed by atoms with E-state index >= 15 is 0 Å². The molecular weight excluding hydrogens is 440 g/mol. The fourth-order valence-electron chi connectivity index (χ4n) is 6.83. The molecule has 4 atom stereocenters. The van der Waals surface area contributed by atoms with Crippen molar-refractivity contribution < 1.29 is 24.5 Å². The zero-order valence-electron chi connectivity index (χ0n) is 21.7. The van der Waals surface area contributed by atoms with E-state index in [0.29, 0.717) is 11.5 Å². The van der Waals surface area contributed by atoms with E-state index in [9.17, 15) is 15.0 Å². The summed E-state index contributed by atoms with van der Waals surface area (Å²) < 4.78 is 11.3. The first kappa shape index (κ1) is 26.4. The smallest absolute Gasteiger partial charge is 0.332 e. The molecule has 0 spiro atoms. The number of aliphatic hydroxyl groups excluding tert-OH is 1. The molecule has 0 radical (unpaired) electrons. The van der Waals surface area contributed by atoms with Crippen molar-refractivity contribution in [3.05, 3.63) is 47.1 Å². The van der Waals surface area contributed by atoms with E-state index in [2.05, 4.69) is 32.6 Å². The standard InChI is InChI=1S/C30H44O5/c1-4-24-15-16-26-22(10-9-17-29(24,26)3)13-14-23-18-30(33,19-27(31)21(23)2)34-20-28(32)35-25-11-7-5-6-8-12-25/h13-15,25-27,31,33H,2,4-12,16-20H2,1,3H3/t26-,27?,29+,30-/m0/s1. The molecule has 3 fully saturated rings. The van der Waals surface area contributed by atoms with Crippen LogP contribution in [0.15, 0.2) is 47.1 Å². The molecule has 4 aliphatic carbocycles. The van der Waals surface area contributed by atoms with E-state index < -0.39 is 17.9 Å². The molecule has 0 bridgehead atoms. The molecule has 4 aliphatic rings. The molecule has 3 saturated carbocycles. The molecule has 0 aromatic carbocycles. The Morgan fingerprint density at radius 2 is 1.94 bits per heavy atom. The summed E-state index contributed by atoms with van der Waals surface area (Å²) in [6.45, 7) is 8.42. The van der Waals surface area contributed by atoms with Crippen molar-refractivity contribution in [1.29, 1.82) is 0 Å². The van der Waals surface area contributed by atoms with E-state index in [1.54, 1.807) is 5.57 Å². The van der Waals surface area contributed by atoms with Gasteiger partial charge in [0, 0.05) is 12.8 Å². The number of hydrogen-bond acceptors (Lipinski definition) is 5. The van der Waals surface area contributed by atoms with Gasteiger partial charge in [-0.3, -0.25) is 0 Å². The Morgan fingerprint density at radius 1 is 1.20 bits per heavy atom. The van der Waals surface area contributed by atoms with Crippen LogP contribution in [0.2, 0.25) is 0 Å². The highest BCUT2D eigenvalue weighted by molar-refractivity contribution is 5.71. The molecule has 5 nitrogen and oxygen atoms in total. The Morgan fingerprint density at radius 3 is 2.66 bits per heavy atom. The Bertz CT molecular complexity index is 890. The van der Waals surface area contributed by atoms with Gasteiger partial charge >= 0.3 is 5.97 Å². The first-order valence-electron chi connectivity index (χ1n) is 13.8. The molecule has 0 amide bonds. The van der Waals surface area contributed by atoms with Gasteiger partial charge in [-0.1, -0.05) is 62.6 Å². The average Bonchev–Trinajstić information content (AvgIpc) is 2.98. The third-order valence-corrected chi connectivity index (χ3v) is 8.94. The number of allylic oxidation sites excluding steroid dienone is 5. The van der Waals surface area contributed by atoms with Crippen LogP contribution in [0.25, 0.3) is 0 Å². The number of esters is 1. The Kier molecular flexibility index (Phi) is 8.40. The second-order valence-corrected chi connectivity index (χ2v) is 11.3. The monoisotopic (exact) mass is 484 g/mol. The third kappa shape index (κ3) is 6.00. The lowest BCUT2D eigenvalue weighted by Crippen LogP contribution is -2.43. The third-order valence-electron chi connectivity index (χ3n) is 8.94. The van der Waals surface area contributed by atoms with Gasteiger partial charge < -0.3 is 19.7 Å². The topological polar surface area (TPSA) is 76.0 Å². The summed E-state index contributed by atoms with van der Waals surface area (Å²) in [4.78, 5) is 12.4. The lowest BCUT2D eigenvalue weighted by atomic mass is 9.64. The maximum absolute atomic E-state index is 12.4. The lowest BCUT2D eigenvalue weighted by Gasteiger charge is -2.41. The van der Waals surface area contributed by atoms with Gasteiger partial charge in [-0.15, -0.1) is 0 Å². The first-order chi connectivity index (χ1) is 16.7. The second-order valence-electron chi connectivity index (χ2n) is 11.3. The fraction of sp³-hybridized carbons (Fsp3) is 0.700. The highest BCUT2D eigenvalue weighted by Gasteiger charge is 2.44. The van der Waals surface area contributed by atoms with Crippen LogP contribution in [-0.4, -0.2) is 40.8 Å². The Labute approximate surface area is 211 Å². The highest BCUT2D eigenvalue weighted by Crippen LogP contribution is 2.55. The maximum atomic E-state index is 12.4. The number of hydrogen-bond donors (Lipinski definition) is 2. The Hall–Kier alpha value is -1.69. The minimum atomic E-state index is -1.61. The van der Waals surface area contributed by atoms with E-state index in [1.165, 1.54) is 31.3 Å². The quantitative estimate of drug-likeness (QED) is 0.207. The van der Waals surface area contributed by atoms with Crippen LogP contribution < -0.4 is 0 Å². The number of carbonyl (C=O) groups excluding carboxylic acids is 1. The van der Waals surface area contributed by atoms with Crippen LogP contribution in [0.3, 0.4) is 0 Å². The van der Waals surface area contributed by atoms with E-state index in [0.717, 1.165) is 50.5 Å². The van der Waals surface area contributed by atoms with Crippen LogP contribution in [0.4, 0.5) is 0 Å². The van der Waals surface area contributed by atoms with Crippen molar-refractivity contribution in [3.63, 3.8) is 0 Å². The van der Waals surface area contributed by atoms with Gasteiger partial charge in [-0.2, -0.15) is 0 Å². The fourth-order valence-corrected chi connectivity index (χ4v) is 6.83. The second kappa shape index (κ2) is 11.1. The zero-order chi connectivity index (χ0) is 25.1. The largest absolute Gasteiger partial charge is 0.461 e. The first-order valence-corrected chi connectivity index (χ1v) is 13.8. The van der Waals surface area contributed by atoms with Gasteiger partial charge in [0.15, 0.2) is 5.79 Å². The van der Waals surface area contributed by atoms with E-state index in [4.69, 9.17) is 9.47 Å². The van der Waals surface area contributed by atoms with Crippen molar-refractivity contribution in [2.45, 2.75) is 115 Å². The normalized spacial score (nSPS) is 36.7. The van der Waals surface area contributed by atoms with Crippen molar-refractivity contribution in [3.8, 4) is 0 Å². The SMILES string of the molecule is C=C1C(=CC=C2CCC[C@]3(C)C(CC)=CC[C@@H]23)C[C@](O)(OCC(=O)OC2CCCCCC2)CC1O. The minimum absolute atomic E-state index is 0.000922. The predicted octanol–water partition coefficient (Wildman–Crippen LogP) is 6.07. The molecule has 4 rings (SSSR count). The number of aliphatic hydroxyl groups is 2. The highest BCUT2D eigenvalue weighted by atomic mass is 16.6. The number of ether oxygens (including phenoxy) is 2. The molecule has 0 aromatic rings. The number of rotatable bonds is 6. The average molecular weight is 485 g/mol. The molecule has 35 heavy (non-hydrogen) atoms. The van der Waals surface area contributed by atoms with Crippen LogP contribution >= 0.6 is 0 Å². The molecule has 0 aromatic heterocycles. The summed E-state index contributed by atoms with van der Waals surface area (Å²) in [5.74, 6) is -1.53. The minimum Gasteiger partial charge on any atom is -0.461 e. The molecular formula is C30H44O5. The molecule has 5 heteroatoms. The van der Waals surface area contributed by atoms with E-state index in [1.807, 2.05) is 6.08 Å². The summed E-state index contributed by atoms with van der Waals surface area (Å²) in [5, 5.41) is 21.7. The summed E-state index contributed by atoms with van der Waals surface area (Å²) in [6.07, 6.45) is 17.9. The van der Waals surface area contributed by atoms with Gasteiger partial charge in [-0.25, -0.2) is 4.79 Å².